The molecule has 4 rings (SSSR count). The van der Waals surface area contributed by atoms with Crippen molar-refractivity contribution in [3.8, 4) is 5.75 Å². The third-order valence-electron chi connectivity index (χ3n) is 5.80. The van der Waals surface area contributed by atoms with Gasteiger partial charge in [-0.2, -0.15) is 0 Å². The summed E-state index contributed by atoms with van der Waals surface area (Å²) in [5.41, 5.74) is 2.01. The summed E-state index contributed by atoms with van der Waals surface area (Å²) >= 11 is 0. The van der Waals surface area contributed by atoms with Crippen LogP contribution in [0.15, 0.2) is 66.9 Å². The number of ether oxygens (including phenoxy) is 1. The number of aliphatic hydroxyl groups excluding tert-OH is 1. The number of pyridine rings is 1. The molecule has 1 amide bonds. The normalized spacial score (nSPS) is 18.9. The summed E-state index contributed by atoms with van der Waals surface area (Å²) < 4.78 is 5.82. The van der Waals surface area contributed by atoms with E-state index in [1.165, 1.54) is 0 Å². The monoisotopic (exact) mass is 406 g/mol. The van der Waals surface area contributed by atoms with E-state index in [1.54, 1.807) is 6.20 Å². The van der Waals surface area contributed by atoms with Crippen LogP contribution < -0.4 is 9.64 Å². The van der Waals surface area contributed by atoms with Gasteiger partial charge in [-0.1, -0.05) is 36.4 Å². The van der Waals surface area contributed by atoms with Gasteiger partial charge in [-0.15, -0.1) is 0 Å². The number of hydrogen-bond donors (Lipinski definition) is 2. The van der Waals surface area contributed by atoms with E-state index in [1.807, 2.05) is 55.6 Å². The number of nitrogens with one attached hydrogen (secondary N) is 1. The molecule has 2 aromatic carbocycles. The van der Waals surface area contributed by atoms with Crippen LogP contribution in [0.3, 0.4) is 0 Å². The smallest absolute Gasteiger partial charge is 0.350 e. The lowest BCUT2D eigenvalue weighted by Crippen LogP contribution is -3.13. The molecule has 6 heteroatoms. The van der Waals surface area contributed by atoms with E-state index < -0.39 is 0 Å². The minimum absolute atomic E-state index is 0.00353. The van der Waals surface area contributed by atoms with Gasteiger partial charge in [0.1, 0.15) is 11.8 Å². The molecule has 6 nitrogen and oxygen atoms in total. The lowest BCUT2D eigenvalue weighted by Gasteiger charge is -2.27. The van der Waals surface area contributed by atoms with E-state index in [2.05, 4.69) is 22.0 Å². The zero-order valence-corrected chi connectivity index (χ0v) is 17.2. The molecule has 0 saturated carbocycles. The largest absolute Gasteiger partial charge is 0.479 e. The number of benzene rings is 2. The Labute approximate surface area is 176 Å². The van der Waals surface area contributed by atoms with Gasteiger partial charge in [0.25, 0.3) is 0 Å². The molecule has 2 unspecified atom stereocenters. The van der Waals surface area contributed by atoms with Crippen molar-refractivity contribution < 1.29 is 19.5 Å². The maximum atomic E-state index is 13.0. The molecule has 30 heavy (non-hydrogen) atoms. The minimum atomic E-state index is -0.275. The van der Waals surface area contributed by atoms with Crippen LogP contribution in [-0.4, -0.2) is 60.3 Å². The second-order valence-corrected chi connectivity index (χ2v) is 7.92. The van der Waals surface area contributed by atoms with Crippen LogP contribution in [0, 0.1) is 0 Å². The fraction of sp³-hybridized carbons (Fsp3) is 0.333. The average molecular weight is 407 g/mol. The number of fused-ring (bicyclic) bond motifs is 1. The molecule has 3 atom stereocenters. The van der Waals surface area contributed by atoms with Crippen molar-refractivity contribution in [2.45, 2.75) is 18.6 Å². The van der Waals surface area contributed by atoms with Gasteiger partial charge in [0.05, 0.1) is 25.2 Å². The van der Waals surface area contributed by atoms with Crippen LogP contribution in [0.25, 0.3) is 10.9 Å². The summed E-state index contributed by atoms with van der Waals surface area (Å²) in [6.07, 6.45) is 2.27. The van der Waals surface area contributed by atoms with Crippen molar-refractivity contribution in [1.82, 2.24) is 9.88 Å². The van der Waals surface area contributed by atoms with Crippen LogP contribution >= 0.6 is 0 Å². The quantitative estimate of drug-likeness (QED) is 0.622. The molecular weight excluding hydrogens is 378 g/mol. The van der Waals surface area contributed by atoms with Crippen molar-refractivity contribution in [2.75, 3.05) is 33.3 Å². The average Bonchev–Trinajstić information content (AvgIpc) is 3.20. The van der Waals surface area contributed by atoms with Gasteiger partial charge >= 0.3 is 5.91 Å². The van der Waals surface area contributed by atoms with Gasteiger partial charge in [-0.05, 0) is 30.7 Å². The molecule has 0 spiro atoms. The summed E-state index contributed by atoms with van der Waals surface area (Å²) in [5, 5.41) is 10.9. The number of carbonyl (C=O) groups excluding carboxylic acids is 1. The molecule has 0 aliphatic carbocycles. The number of likely N-dealkylation sites (tertiary alicyclic amines) is 1. The number of quaternary nitrogens is 1. The van der Waals surface area contributed by atoms with Crippen molar-refractivity contribution in [1.29, 1.82) is 0 Å². The van der Waals surface area contributed by atoms with Gasteiger partial charge in [-0.3, -0.25) is 14.8 Å². The predicted octanol–water partition coefficient (Wildman–Crippen LogP) is 1.46. The lowest BCUT2D eigenvalue weighted by atomic mass is 10.0. The van der Waals surface area contributed by atoms with Crippen LogP contribution in [0.5, 0.6) is 5.75 Å². The Balaban J connectivity index is 1.44. The predicted molar refractivity (Wildman–Crippen MR) is 115 cm³/mol. The molecule has 1 fully saturated rings. The fourth-order valence-electron chi connectivity index (χ4n) is 4.01. The maximum Gasteiger partial charge on any atom is 0.350 e. The number of hydrogen-bond acceptors (Lipinski definition) is 5. The highest BCUT2D eigenvalue weighted by Gasteiger charge is 2.31. The Kier molecular flexibility index (Phi) is 6.38. The zero-order chi connectivity index (χ0) is 20.9. The number of aromatic nitrogens is 1. The first kappa shape index (κ1) is 20.5. The Morgan fingerprint density at radius 1 is 1.23 bits per heavy atom. The Bertz CT molecular complexity index is 995. The van der Waals surface area contributed by atoms with Crippen LogP contribution in [0.1, 0.15) is 18.0 Å². The van der Waals surface area contributed by atoms with Crippen molar-refractivity contribution in [3.05, 3.63) is 72.4 Å². The number of carbonyl (C=O) groups is 1. The molecule has 1 aliphatic heterocycles. The number of aliphatic hydroxyl groups is 1. The summed E-state index contributed by atoms with van der Waals surface area (Å²) in [4.78, 5) is 20.3. The summed E-state index contributed by atoms with van der Waals surface area (Å²) in [7, 11) is 1.90. The highest BCUT2D eigenvalue weighted by Crippen LogP contribution is 2.19. The first-order chi connectivity index (χ1) is 14.6. The summed E-state index contributed by atoms with van der Waals surface area (Å²) in [6.45, 7) is 2.24. The standard InChI is InChI=1S/C24H27N3O3/c1-26(23(18-6-3-2-4-7-18)16-27-13-11-20(28)15-27)24(29)17-30-21-9-10-22-19(14-21)8-5-12-25-22/h2-10,12,14,20,23,28H,11,13,15-17H2,1H3/p+1/t20-,23?/m0/s1. The molecule has 2 N–H and O–H groups in total. The van der Waals surface area contributed by atoms with Crippen molar-refractivity contribution in [3.63, 3.8) is 0 Å². The van der Waals surface area contributed by atoms with Gasteiger partial charge in [0.2, 0.25) is 6.61 Å². The zero-order valence-electron chi connectivity index (χ0n) is 17.2. The Morgan fingerprint density at radius 2 is 2.07 bits per heavy atom. The van der Waals surface area contributed by atoms with E-state index >= 15 is 0 Å². The molecule has 2 heterocycles. The summed E-state index contributed by atoms with van der Waals surface area (Å²) in [5.74, 6) is 0.658. The Morgan fingerprint density at radius 3 is 2.83 bits per heavy atom. The molecule has 1 aliphatic rings. The SMILES string of the molecule is C[NH+](C(=O)COc1ccc2ncccc2c1)C(CN1CC[C@H](O)C1)c1ccccc1. The number of amides is 1. The third kappa shape index (κ3) is 4.84. The van der Waals surface area contributed by atoms with Gasteiger partial charge in [0.15, 0.2) is 0 Å². The number of nitrogens with zero attached hydrogens (tertiary/aromatic N) is 2. The van der Waals surface area contributed by atoms with E-state index in [0.29, 0.717) is 12.3 Å². The second-order valence-electron chi connectivity index (χ2n) is 7.92. The van der Waals surface area contributed by atoms with E-state index in [4.69, 9.17) is 4.74 Å². The van der Waals surface area contributed by atoms with E-state index in [-0.39, 0.29) is 24.7 Å². The third-order valence-corrected chi connectivity index (χ3v) is 5.80. The van der Waals surface area contributed by atoms with Gasteiger partial charge in [-0.25, -0.2) is 4.79 Å². The molecular formula is C24H28N3O3+. The van der Waals surface area contributed by atoms with Crippen LogP contribution in [0.2, 0.25) is 0 Å². The fourth-order valence-corrected chi connectivity index (χ4v) is 4.01. The highest BCUT2D eigenvalue weighted by atomic mass is 16.5. The van der Waals surface area contributed by atoms with E-state index in [9.17, 15) is 9.90 Å². The maximum absolute atomic E-state index is 13.0. The molecule has 1 aromatic heterocycles. The van der Waals surface area contributed by atoms with Crippen molar-refractivity contribution >= 4 is 16.8 Å². The topological polar surface area (TPSA) is 67.1 Å². The minimum Gasteiger partial charge on any atom is -0.479 e. The van der Waals surface area contributed by atoms with Crippen LogP contribution in [-0.2, 0) is 4.79 Å². The van der Waals surface area contributed by atoms with Gasteiger partial charge in [0, 0.05) is 30.2 Å². The van der Waals surface area contributed by atoms with Crippen LogP contribution in [0.4, 0.5) is 0 Å². The molecule has 1 saturated heterocycles. The Hall–Kier alpha value is -2.80. The van der Waals surface area contributed by atoms with Gasteiger partial charge < -0.3 is 9.84 Å². The number of β-amino-alcohol motifs (C(OH)–C–C–N with tert-alkyl or cyclic N) is 1. The summed E-state index contributed by atoms with van der Waals surface area (Å²) in [6, 6.07) is 19.6. The number of likely N-dealkylation sites (N-methyl/N-ethyl adjacent to an activating group) is 1. The molecule has 0 radical (unpaired) electrons. The lowest BCUT2D eigenvalue weighted by molar-refractivity contribution is -0.833. The second kappa shape index (κ2) is 9.34. The highest BCUT2D eigenvalue weighted by molar-refractivity contribution is 5.80. The molecule has 3 aromatic rings. The number of rotatable bonds is 7. The molecule has 0 bridgehead atoms. The van der Waals surface area contributed by atoms with E-state index in [0.717, 1.165) is 40.9 Å². The van der Waals surface area contributed by atoms with Crippen molar-refractivity contribution in [2.24, 2.45) is 0 Å². The molecule has 156 valence electrons. The first-order valence-corrected chi connectivity index (χ1v) is 10.4. The first-order valence-electron chi connectivity index (χ1n) is 10.4.